The first kappa shape index (κ1) is 31.0. The lowest BCUT2D eigenvalue weighted by atomic mass is 10.1. The van der Waals surface area contributed by atoms with Crippen molar-refractivity contribution in [2.75, 3.05) is 55.0 Å². The predicted octanol–water partition coefficient (Wildman–Crippen LogP) is 5.34. The van der Waals surface area contributed by atoms with Crippen molar-refractivity contribution in [1.82, 2.24) is 29.8 Å². The highest BCUT2D eigenvalue weighted by Crippen LogP contribution is 2.37. The molecule has 0 unspecified atom stereocenters. The van der Waals surface area contributed by atoms with Crippen LogP contribution in [0.4, 0.5) is 42.1 Å². The molecule has 5 aromatic rings. The van der Waals surface area contributed by atoms with Crippen molar-refractivity contribution >= 4 is 45.9 Å². The van der Waals surface area contributed by atoms with Crippen LogP contribution in [0.2, 0.25) is 0 Å². The lowest BCUT2D eigenvalue weighted by Crippen LogP contribution is -2.49. The van der Waals surface area contributed by atoms with E-state index in [9.17, 15) is 23.1 Å². The Morgan fingerprint density at radius 2 is 1.80 bits per heavy atom. The highest BCUT2D eigenvalue weighted by molar-refractivity contribution is 6.04. The van der Waals surface area contributed by atoms with Crippen LogP contribution in [0.15, 0.2) is 79.1 Å². The van der Waals surface area contributed by atoms with E-state index in [0.717, 1.165) is 54.9 Å². The van der Waals surface area contributed by atoms with Gasteiger partial charge in [-0.15, -0.1) is 0 Å². The topological polar surface area (TPSA) is 126 Å². The number of benzene rings is 3. The lowest BCUT2D eigenvalue weighted by molar-refractivity contribution is -0.137. The van der Waals surface area contributed by atoms with Gasteiger partial charge in [-0.25, -0.2) is 20.0 Å². The van der Waals surface area contributed by atoms with Crippen LogP contribution in [-0.2, 0) is 6.18 Å². The summed E-state index contributed by atoms with van der Waals surface area (Å²) in [4.78, 5) is 34.2. The van der Waals surface area contributed by atoms with Crippen molar-refractivity contribution in [2.24, 2.45) is 0 Å². The van der Waals surface area contributed by atoms with Gasteiger partial charge in [0.1, 0.15) is 18.0 Å². The minimum absolute atomic E-state index is 0.116. The molecule has 1 fully saturated rings. The summed E-state index contributed by atoms with van der Waals surface area (Å²) in [5.41, 5.74) is 5.71. The normalized spacial score (nSPS) is 14.4. The van der Waals surface area contributed by atoms with Crippen molar-refractivity contribution < 1.29 is 23.1 Å². The molecule has 14 heteroatoms. The van der Waals surface area contributed by atoms with Crippen LogP contribution >= 0.6 is 0 Å². The van der Waals surface area contributed by atoms with Gasteiger partial charge in [0.25, 0.3) is 5.91 Å². The zero-order valence-corrected chi connectivity index (χ0v) is 24.9. The number of fused-ring (bicyclic) bond motifs is 1. The van der Waals surface area contributed by atoms with Gasteiger partial charge in [0.05, 0.1) is 28.9 Å². The molecule has 1 aliphatic heterocycles. The van der Waals surface area contributed by atoms with Crippen molar-refractivity contribution in [1.29, 1.82) is 0 Å². The van der Waals surface area contributed by atoms with E-state index < -0.39 is 17.6 Å². The van der Waals surface area contributed by atoms with Crippen LogP contribution < -0.4 is 15.6 Å². The smallest absolute Gasteiger partial charge is 0.395 e. The Balaban J connectivity index is 1.33. The van der Waals surface area contributed by atoms with E-state index in [4.69, 9.17) is 4.98 Å². The number of carbonyl (C=O) groups is 1. The maximum absolute atomic E-state index is 13.3. The number of aryl methyl sites for hydroxylation is 1. The van der Waals surface area contributed by atoms with E-state index in [2.05, 4.69) is 35.6 Å². The number of H-pyrrole nitrogens is 1. The first-order valence-electron chi connectivity index (χ1n) is 14.7. The molecule has 4 N–H and O–H groups in total. The quantitative estimate of drug-likeness (QED) is 0.171. The number of hydrogen-bond acceptors (Lipinski definition) is 9. The van der Waals surface area contributed by atoms with Crippen molar-refractivity contribution in [2.45, 2.75) is 13.1 Å². The van der Waals surface area contributed by atoms with Gasteiger partial charge in [0.15, 0.2) is 0 Å². The number of aromatic nitrogens is 4. The van der Waals surface area contributed by atoms with E-state index in [1.165, 1.54) is 18.5 Å². The third-order valence-corrected chi connectivity index (χ3v) is 7.69. The molecule has 0 spiro atoms. The fraction of sp³-hybridized carbons (Fsp3) is 0.250. The number of rotatable bonds is 9. The maximum Gasteiger partial charge on any atom is 0.416 e. The molecule has 2 aromatic heterocycles. The number of para-hydroxylation sites is 2. The van der Waals surface area contributed by atoms with Gasteiger partial charge < -0.3 is 20.8 Å². The molecule has 3 heterocycles. The minimum Gasteiger partial charge on any atom is -0.395 e. The number of β-amino-alcohol motifs (C(OH)–C–C–N with tert-alkyl or cyclic N) is 1. The first-order chi connectivity index (χ1) is 22.2. The Bertz CT molecular complexity index is 1800. The zero-order valence-electron chi connectivity index (χ0n) is 24.9. The number of amides is 1. The van der Waals surface area contributed by atoms with Gasteiger partial charge in [0.2, 0.25) is 5.95 Å². The van der Waals surface area contributed by atoms with Crippen LogP contribution in [0.3, 0.4) is 0 Å². The van der Waals surface area contributed by atoms with Gasteiger partial charge in [-0.05, 0) is 55.0 Å². The Kier molecular flexibility index (Phi) is 8.83. The minimum atomic E-state index is -4.57. The number of anilines is 5. The van der Waals surface area contributed by atoms with Crippen molar-refractivity contribution in [3.05, 3.63) is 95.8 Å². The molecule has 0 radical (unpaired) electrons. The van der Waals surface area contributed by atoms with E-state index in [-0.39, 0.29) is 12.2 Å². The number of hydrogen-bond donors (Lipinski definition) is 4. The van der Waals surface area contributed by atoms with E-state index in [1.54, 1.807) is 29.2 Å². The molecule has 46 heavy (non-hydrogen) atoms. The summed E-state index contributed by atoms with van der Waals surface area (Å²) in [6.07, 6.45) is -3.12. The van der Waals surface area contributed by atoms with Gasteiger partial charge in [-0.1, -0.05) is 24.3 Å². The maximum atomic E-state index is 13.3. The molecule has 0 saturated carbocycles. The summed E-state index contributed by atoms with van der Waals surface area (Å²) in [7, 11) is 0. The standard InChI is InChI=1S/C32H32F3N9O2/c1-21-9-10-24(38-30(46)22-5-4-6-23(17-22)32(33,34)35)18-27(21)44(31-39-25-7-2-3-8-26(25)40-31)29-19-28(36-20-37-29)41-43-13-11-42(12-14-43)15-16-45/h2-10,17-20,45H,11-16H2,1H3,(H,38,46)(H,39,40)(H,36,37,41). The average molecular weight is 632 g/mol. The summed E-state index contributed by atoms with van der Waals surface area (Å²) < 4.78 is 39.8. The predicted molar refractivity (Wildman–Crippen MR) is 169 cm³/mol. The first-order valence-corrected chi connectivity index (χ1v) is 14.7. The molecular formula is C32H32F3N9O2. The molecule has 0 bridgehead atoms. The molecule has 238 valence electrons. The van der Waals surface area contributed by atoms with Crippen LogP contribution in [0.1, 0.15) is 21.5 Å². The van der Waals surface area contributed by atoms with E-state index in [0.29, 0.717) is 35.5 Å². The Morgan fingerprint density at radius 1 is 1.00 bits per heavy atom. The number of imidazole rings is 1. The highest BCUT2D eigenvalue weighted by Gasteiger charge is 2.31. The molecular weight excluding hydrogens is 599 g/mol. The van der Waals surface area contributed by atoms with Crippen molar-refractivity contribution in [3.8, 4) is 0 Å². The third-order valence-electron chi connectivity index (χ3n) is 7.69. The molecule has 11 nitrogen and oxygen atoms in total. The Morgan fingerprint density at radius 3 is 2.57 bits per heavy atom. The summed E-state index contributed by atoms with van der Waals surface area (Å²) in [6, 6.07) is 18.9. The monoisotopic (exact) mass is 631 g/mol. The van der Waals surface area contributed by atoms with Gasteiger partial charge >= 0.3 is 6.18 Å². The number of piperazine rings is 1. The number of nitrogens with zero attached hydrogens (tertiary/aromatic N) is 6. The molecule has 1 saturated heterocycles. The number of carbonyl (C=O) groups excluding carboxylic acids is 1. The zero-order chi connectivity index (χ0) is 32.3. The van der Waals surface area contributed by atoms with E-state index >= 15 is 0 Å². The summed E-state index contributed by atoms with van der Waals surface area (Å²) in [5.74, 6) is 0.838. The third kappa shape index (κ3) is 6.93. The van der Waals surface area contributed by atoms with Gasteiger partial charge in [-0.2, -0.15) is 13.2 Å². The number of aromatic amines is 1. The van der Waals surface area contributed by atoms with E-state index in [1.807, 2.05) is 31.2 Å². The highest BCUT2D eigenvalue weighted by atomic mass is 19.4. The SMILES string of the molecule is Cc1ccc(NC(=O)c2cccc(C(F)(F)F)c2)cc1N(c1cc(NN2CCN(CCO)CC2)ncn1)c1nc2ccccc2[nH]1. The van der Waals surface area contributed by atoms with Gasteiger partial charge in [-0.3, -0.25) is 14.6 Å². The Hall–Kier alpha value is -5.05. The molecule has 6 rings (SSSR count). The largest absolute Gasteiger partial charge is 0.416 e. The summed E-state index contributed by atoms with van der Waals surface area (Å²) >= 11 is 0. The fourth-order valence-corrected chi connectivity index (χ4v) is 5.28. The van der Waals surface area contributed by atoms with Crippen LogP contribution in [0, 0.1) is 6.92 Å². The molecule has 1 aliphatic rings. The number of aliphatic hydroxyl groups is 1. The van der Waals surface area contributed by atoms with Crippen LogP contribution in [-0.4, -0.2) is 80.2 Å². The second-order valence-corrected chi connectivity index (χ2v) is 10.9. The number of halogens is 3. The molecule has 0 aliphatic carbocycles. The lowest BCUT2D eigenvalue weighted by Gasteiger charge is -2.34. The number of nitrogens with one attached hydrogen (secondary N) is 3. The second-order valence-electron chi connectivity index (χ2n) is 10.9. The summed E-state index contributed by atoms with van der Waals surface area (Å²) in [5, 5.41) is 14.0. The summed E-state index contributed by atoms with van der Waals surface area (Å²) in [6.45, 7) is 5.73. The molecule has 3 aromatic carbocycles. The fourth-order valence-electron chi connectivity index (χ4n) is 5.28. The molecule has 0 atom stereocenters. The Labute approximate surface area is 262 Å². The number of alkyl halides is 3. The number of aliphatic hydroxyl groups excluding tert-OH is 1. The van der Waals surface area contributed by atoms with Gasteiger partial charge in [0, 0.05) is 50.0 Å². The second kappa shape index (κ2) is 13.1. The number of hydrazine groups is 1. The molecule has 1 amide bonds. The van der Waals surface area contributed by atoms with Crippen molar-refractivity contribution in [3.63, 3.8) is 0 Å². The average Bonchev–Trinajstić information content (AvgIpc) is 3.47. The van der Waals surface area contributed by atoms with Crippen LogP contribution in [0.5, 0.6) is 0 Å². The van der Waals surface area contributed by atoms with Crippen LogP contribution in [0.25, 0.3) is 11.0 Å².